The minimum atomic E-state index is -1.11. The van der Waals surface area contributed by atoms with Crippen LogP contribution in [0.1, 0.15) is 15.9 Å². The molecule has 6 heteroatoms. The van der Waals surface area contributed by atoms with E-state index in [0.29, 0.717) is 11.3 Å². The summed E-state index contributed by atoms with van der Waals surface area (Å²) >= 11 is 0. The predicted molar refractivity (Wildman–Crippen MR) is 60.2 cm³/mol. The van der Waals surface area contributed by atoms with E-state index < -0.39 is 5.97 Å². The molecule has 1 aromatic carbocycles. The van der Waals surface area contributed by atoms with Crippen molar-refractivity contribution in [1.82, 2.24) is 9.97 Å². The first kappa shape index (κ1) is 12.0. The van der Waals surface area contributed by atoms with Gasteiger partial charge in [0, 0.05) is 12.4 Å². The lowest BCUT2D eigenvalue weighted by Gasteiger charge is -2.04. The Hall–Kier alpha value is -2.50. The zero-order valence-corrected chi connectivity index (χ0v) is 9.42. The standard InChI is InChI=1S/C12H9FN2O3/c1-7-4-9(2-3-10(7)13)18-12-14-5-8(6-15-12)11(16)17/h2-6H,1H3,(H,16,17). The Bertz CT molecular complexity index is 584. The van der Waals surface area contributed by atoms with Gasteiger partial charge in [0.15, 0.2) is 0 Å². The molecular formula is C12H9FN2O3. The van der Waals surface area contributed by atoms with E-state index in [9.17, 15) is 9.18 Å². The molecule has 1 heterocycles. The molecule has 0 fully saturated rings. The third kappa shape index (κ3) is 2.60. The van der Waals surface area contributed by atoms with Gasteiger partial charge in [0.05, 0.1) is 5.56 Å². The fraction of sp³-hybridized carbons (Fsp3) is 0.0833. The van der Waals surface area contributed by atoms with Crippen molar-refractivity contribution in [1.29, 1.82) is 0 Å². The van der Waals surface area contributed by atoms with E-state index in [4.69, 9.17) is 9.84 Å². The van der Waals surface area contributed by atoms with Crippen LogP contribution >= 0.6 is 0 Å². The summed E-state index contributed by atoms with van der Waals surface area (Å²) in [4.78, 5) is 18.1. The number of ether oxygens (including phenoxy) is 1. The highest BCUT2D eigenvalue weighted by Crippen LogP contribution is 2.20. The number of carbonyl (C=O) groups is 1. The first-order valence-corrected chi connectivity index (χ1v) is 5.05. The van der Waals surface area contributed by atoms with Crippen molar-refractivity contribution in [3.05, 3.63) is 47.5 Å². The molecule has 0 saturated carbocycles. The predicted octanol–water partition coefficient (Wildman–Crippen LogP) is 2.41. The van der Waals surface area contributed by atoms with Crippen LogP contribution in [-0.2, 0) is 0 Å². The number of hydrogen-bond donors (Lipinski definition) is 1. The monoisotopic (exact) mass is 248 g/mol. The van der Waals surface area contributed by atoms with Crippen molar-refractivity contribution in [2.45, 2.75) is 6.92 Å². The Kier molecular flexibility index (Phi) is 3.18. The fourth-order valence-electron chi connectivity index (χ4n) is 1.27. The van der Waals surface area contributed by atoms with Crippen molar-refractivity contribution >= 4 is 5.97 Å². The van der Waals surface area contributed by atoms with Crippen molar-refractivity contribution < 1.29 is 19.0 Å². The molecule has 0 saturated heterocycles. The Labute approximate surface area is 102 Å². The normalized spacial score (nSPS) is 10.1. The Morgan fingerprint density at radius 2 is 2.00 bits per heavy atom. The fourth-order valence-corrected chi connectivity index (χ4v) is 1.27. The van der Waals surface area contributed by atoms with Gasteiger partial charge in [-0.3, -0.25) is 0 Å². The lowest BCUT2D eigenvalue weighted by Crippen LogP contribution is -2.00. The van der Waals surface area contributed by atoms with Crippen LogP contribution in [0.15, 0.2) is 30.6 Å². The molecule has 18 heavy (non-hydrogen) atoms. The Morgan fingerprint density at radius 3 is 2.56 bits per heavy atom. The van der Waals surface area contributed by atoms with Gasteiger partial charge in [0.2, 0.25) is 0 Å². The van der Waals surface area contributed by atoms with Crippen LogP contribution in [0.2, 0.25) is 0 Å². The zero-order chi connectivity index (χ0) is 13.1. The van der Waals surface area contributed by atoms with E-state index in [-0.39, 0.29) is 17.4 Å². The second-order valence-corrected chi connectivity index (χ2v) is 3.57. The minimum absolute atomic E-state index is 0.00556. The highest BCUT2D eigenvalue weighted by atomic mass is 19.1. The van der Waals surface area contributed by atoms with E-state index in [1.165, 1.54) is 18.2 Å². The van der Waals surface area contributed by atoms with Gasteiger partial charge in [-0.2, -0.15) is 0 Å². The van der Waals surface area contributed by atoms with Crippen LogP contribution in [-0.4, -0.2) is 21.0 Å². The third-order valence-corrected chi connectivity index (χ3v) is 2.21. The van der Waals surface area contributed by atoms with Crippen LogP contribution in [0.3, 0.4) is 0 Å². The maximum Gasteiger partial charge on any atom is 0.338 e. The van der Waals surface area contributed by atoms with Crippen LogP contribution in [0.25, 0.3) is 0 Å². The van der Waals surface area contributed by atoms with Gasteiger partial charge < -0.3 is 9.84 Å². The molecule has 1 aromatic heterocycles. The zero-order valence-electron chi connectivity index (χ0n) is 9.42. The second-order valence-electron chi connectivity index (χ2n) is 3.57. The second kappa shape index (κ2) is 4.79. The number of rotatable bonds is 3. The molecule has 0 radical (unpaired) electrons. The number of halogens is 1. The molecule has 0 unspecified atom stereocenters. The lowest BCUT2D eigenvalue weighted by molar-refractivity contribution is 0.0696. The third-order valence-electron chi connectivity index (χ3n) is 2.21. The molecule has 0 aliphatic heterocycles. The quantitative estimate of drug-likeness (QED) is 0.902. The Balaban J connectivity index is 2.18. The summed E-state index contributed by atoms with van der Waals surface area (Å²) in [6.45, 7) is 1.61. The molecule has 0 aliphatic rings. The first-order valence-electron chi connectivity index (χ1n) is 5.05. The van der Waals surface area contributed by atoms with Gasteiger partial charge in [-0.05, 0) is 30.7 Å². The van der Waals surface area contributed by atoms with Gasteiger partial charge in [0.1, 0.15) is 11.6 Å². The van der Waals surface area contributed by atoms with Gasteiger partial charge in [-0.15, -0.1) is 0 Å². The van der Waals surface area contributed by atoms with Crippen LogP contribution in [0, 0.1) is 12.7 Å². The summed E-state index contributed by atoms with van der Waals surface area (Å²) in [6, 6.07) is 4.22. The maximum absolute atomic E-state index is 13.0. The molecule has 0 atom stereocenters. The van der Waals surface area contributed by atoms with Gasteiger partial charge in [-0.25, -0.2) is 19.2 Å². The number of aryl methyl sites for hydroxylation is 1. The molecule has 5 nitrogen and oxygen atoms in total. The average Bonchev–Trinajstić information content (AvgIpc) is 2.34. The number of aromatic nitrogens is 2. The average molecular weight is 248 g/mol. The number of benzene rings is 1. The number of hydrogen-bond acceptors (Lipinski definition) is 4. The number of nitrogens with zero attached hydrogens (tertiary/aromatic N) is 2. The van der Waals surface area contributed by atoms with Crippen molar-refractivity contribution in [2.24, 2.45) is 0 Å². The minimum Gasteiger partial charge on any atom is -0.478 e. The first-order chi connectivity index (χ1) is 8.56. The summed E-state index contributed by atoms with van der Waals surface area (Å²) < 4.78 is 18.3. The van der Waals surface area contributed by atoms with Crippen LogP contribution in [0.5, 0.6) is 11.8 Å². The smallest absolute Gasteiger partial charge is 0.338 e. The number of aromatic carboxylic acids is 1. The molecule has 0 bridgehead atoms. The molecule has 0 amide bonds. The highest BCUT2D eigenvalue weighted by Gasteiger charge is 2.06. The summed E-state index contributed by atoms with van der Waals surface area (Å²) in [5, 5.41) is 8.67. The summed E-state index contributed by atoms with van der Waals surface area (Å²) in [7, 11) is 0. The van der Waals surface area contributed by atoms with Gasteiger partial charge in [0.25, 0.3) is 0 Å². The summed E-state index contributed by atoms with van der Waals surface area (Å²) in [6.07, 6.45) is 2.28. The molecular weight excluding hydrogens is 239 g/mol. The number of carboxylic acid groups (broad SMARTS) is 1. The molecule has 1 N–H and O–H groups in total. The highest BCUT2D eigenvalue weighted by molar-refractivity contribution is 5.86. The number of carboxylic acids is 1. The van der Waals surface area contributed by atoms with Crippen molar-refractivity contribution in [3.8, 4) is 11.8 Å². The lowest BCUT2D eigenvalue weighted by atomic mass is 10.2. The summed E-state index contributed by atoms with van der Waals surface area (Å²) in [5.41, 5.74) is 0.410. The van der Waals surface area contributed by atoms with Gasteiger partial charge >= 0.3 is 12.0 Å². The topological polar surface area (TPSA) is 72.3 Å². The largest absolute Gasteiger partial charge is 0.478 e. The Morgan fingerprint density at radius 1 is 1.33 bits per heavy atom. The molecule has 2 aromatic rings. The molecule has 2 rings (SSSR count). The van der Waals surface area contributed by atoms with Crippen LogP contribution in [0.4, 0.5) is 4.39 Å². The maximum atomic E-state index is 13.0. The summed E-state index contributed by atoms with van der Waals surface area (Å²) in [5.74, 6) is -1.05. The van der Waals surface area contributed by atoms with Crippen LogP contribution < -0.4 is 4.74 Å². The van der Waals surface area contributed by atoms with Crippen molar-refractivity contribution in [3.63, 3.8) is 0 Å². The van der Waals surface area contributed by atoms with E-state index in [2.05, 4.69) is 9.97 Å². The van der Waals surface area contributed by atoms with E-state index in [1.54, 1.807) is 6.92 Å². The molecule has 0 spiro atoms. The molecule has 0 aliphatic carbocycles. The molecule has 92 valence electrons. The SMILES string of the molecule is Cc1cc(Oc2ncc(C(=O)O)cn2)ccc1F. The van der Waals surface area contributed by atoms with Gasteiger partial charge in [-0.1, -0.05) is 0 Å². The van der Waals surface area contributed by atoms with E-state index in [1.807, 2.05) is 0 Å². The van der Waals surface area contributed by atoms with E-state index in [0.717, 1.165) is 12.4 Å². The van der Waals surface area contributed by atoms with Crippen molar-refractivity contribution in [2.75, 3.05) is 0 Å². The van der Waals surface area contributed by atoms with E-state index >= 15 is 0 Å².